The molecule has 0 atom stereocenters. The number of benzene rings is 1. The average molecular weight is 337 g/mol. The zero-order chi connectivity index (χ0) is 14.9. The van der Waals surface area contributed by atoms with Gasteiger partial charge in [0.1, 0.15) is 5.56 Å². The zero-order valence-corrected chi connectivity index (χ0v) is 13.3. The van der Waals surface area contributed by atoms with E-state index < -0.39 is 5.97 Å². The van der Waals surface area contributed by atoms with Crippen molar-refractivity contribution in [1.29, 1.82) is 0 Å². The molecule has 0 amide bonds. The molecular weight excluding hydrogens is 320 g/mol. The predicted molar refractivity (Wildman–Crippen MR) is 81.1 cm³/mol. The average Bonchev–Trinajstić information content (AvgIpc) is 2.76. The number of hydrogen-bond donors (Lipinski definition) is 1. The van der Waals surface area contributed by atoms with E-state index in [1.54, 1.807) is 10.9 Å². The van der Waals surface area contributed by atoms with Gasteiger partial charge in [-0.1, -0.05) is 48.8 Å². The number of carboxylic acids is 1. The molecule has 0 saturated heterocycles. The summed E-state index contributed by atoms with van der Waals surface area (Å²) in [6, 6.07) is 7.90. The fraction of sp³-hybridized carbons (Fsp3) is 0.333. The number of rotatable bonds is 3. The quantitative estimate of drug-likeness (QED) is 0.929. The van der Waals surface area contributed by atoms with Gasteiger partial charge in [-0.25, -0.2) is 4.79 Å². The van der Waals surface area contributed by atoms with Crippen LogP contribution in [0.15, 0.2) is 34.9 Å². The monoisotopic (exact) mass is 336 g/mol. The summed E-state index contributed by atoms with van der Waals surface area (Å²) < 4.78 is 2.70. The van der Waals surface area contributed by atoms with Crippen molar-refractivity contribution in [2.24, 2.45) is 0 Å². The Bertz CT molecular complexity index is 624. The molecule has 0 saturated carbocycles. The Morgan fingerprint density at radius 1 is 1.30 bits per heavy atom. The van der Waals surface area contributed by atoms with E-state index in [-0.39, 0.29) is 11.0 Å². The van der Waals surface area contributed by atoms with E-state index in [2.05, 4.69) is 21.0 Å². The third-order valence-corrected chi connectivity index (χ3v) is 3.49. The van der Waals surface area contributed by atoms with Gasteiger partial charge in [0, 0.05) is 16.1 Å². The number of aromatic carboxylic acids is 1. The number of hydrogen-bond acceptors (Lipinski definition) is 2. The van der Waals surface area contributed by atoms with Crippen LogP contribution < -0.4 is 0 Å². The van der Waals surface area contributed by atoms with Gasteiger partial charge >= 0.3 is 5.97 Å². The molecule has 0 bridgehead atoms. The van der Waals surface area contributed by atoms with Gasteiger partial charge in [0.25, 0.3) is 0 Å². The maximum atomic E-state index is 11.3. The smallest absolute Gasteiger partial charge is 0.339 e. The largest absolute Gasteiger partial charge is 0.478 e. The Morgan fingerprint density at radius 3 is 2.35 bits per heavy atom. The Balaban J connectivity index is 2.34. The highest BCUT2D eigenvalue weighted by molar-refractivity contribution is 9.10. The maximum absolute atomic E-state index is 11.3. The summed E-state index contributed by atoms with van der Waals surface area (Å²) in [4.78, 5) is 11.3. The van der Waals surface area contributed by atoms with Crippen LogP contribution in [0.3, 0.4) is 0 Å². The van der Waals surface area contributed by atoms with Crippen LogP contribution in [-0.2, 0) is 12.0 Å². The van der Waals surface area contributed by atoms with Gasteiger partial charge in [0.15, 0.2) is 0 Å². The van der Waals surface area contributed by atoms with Crippen molar-refractivity contribution in [2.75, 3.05) is 0 Å². The summed E-state index contributed by atoms with van der Waals surface area (Å²) in [6.07, 6.45) is 1.60. The molecule has 20 heavy (non-hydrogen) atoms. The topological polar surface area (TPSA) is 55.1 Å². The van der Waals surface area contributed by atoms with Gasteiger partial charge in [0.2, 0.25) is 0 Å². The van der Waals surface area contributed by atoms with Gasteiger partial charge in [-0.15, -0.1) is 0 Å². The lowest BCUT2D eigenvalue weighted by Crippen LogP contribution is -2.16. The summed E-state index contributed by atoms with van der Waals surface area (Å²) in [5.41, 5.74) is 1.67. The third kappa shape index (κ3) is 3.28. The van der Waals surface area contributed by atoms with Crippen LogP contribution in [-0.4, -0.2) is 20.9 Å². The van der Waals surface area contributed by atoms with Crippen LogP contribution in [0, 0.1) is 0 Å². The van der Waals surface area contributed by atoms with Gasteiger partial charge in [-0.3, -0.25) is 4.68 Å². The molecule has 0 spiro atoms. The molecule has 0 aliphatic carbocycles. The van der Waals surface area contributed by atoms with E-state index in [1.165, 1.54) is 0 Å². The minimum absolute atomic E-state index is 0.273. The van der Waals surface area contributed by atoms with Crippen molar-refractivity contribution >= 4 is 21.9 Å². The minimum Gasteiger partial charge on any atom is -0.478 e. The minimum atomic E-state index is -0.933. The lowest BCUT2D eigenvalue weighted by atomic mass is 9.90. The van der Waals surface area contributed by atoms with E-state index in [1.807, 2.05) is 45.0 Å². The van der Waals surface area contributed by atoms with Crippen LogP contribution >= 0.6 is 15.9 Å². The molecule has 4 nitrogen and oxygen atoms in total. The molecule has 0 aliphatic rings. The number of nitrogens with zero attached hydrogens (tertiary/aromatic N) is 2. The van der Waals surface area contributed by atoms with Gasteiger partial charge in [-0.05, 0) is 17.7 Å². The van der Waals surface area contributed by atoms with Crippen LogP contribution in [0.2, 0.25) is 0 Å². The second-order valence-electron chi connectivity index (χ2n) is 5.77. The van der Waals surface area contributed by atoms with Crippen LogP contribution in [0.1, 0.15) is 42.4 Å². The van der Waals surface area contributed by atoms with E-state index in [0.717, 1.165) is 10.0 Å². The standard InChI is InChI=1S/C15H17BrN2O2/c1-15(2,3)13-12(14(19)20)9-18(17-13)8-10-4-6-11(16)7-5-10/h4-7,9H,8H2,1-3H3,(H,19,20). The van der Waals surface area contributed by atoms with E-state index >= 15 is 0 Å². The van der Waals surface area contributed by atoms with Gasteiger partial charge in [-0.2, -0.15) is 5.10 Å². The van der Waals surface area contributed by atoms with Gasteiger partial charge in [0.05, 0.1) is 12.2 Å². The molecule has 2 aromatic rings. The van der Waals surface area contributed by atoms with Crippen molar-refractivity contribution < 1.29 is 9.90 Å². The summed E-state index contributed by atoms with van der Waals surface area (Å²) in [5, 5.41) is 13.7. The Morgan fingerprint density at radius 2 is 1.90 bits per heavy atom. The number of aromatic nitrogens is 2. The molecule has 106 valence electrons. The number of carbonyl (C=O) groups is 1. The molecule has 1 aromatic heterocycles. The van der Waals surface area contributed by atoms with Crippen molar-refractivity contribution in [3.8, 4) is 0 Å². The molecule has 0 aliphatic heterocycles. The molecule has 1 N–H and O–H groups in total. The van der Waals surface area contributed by atoms with E-state index in [9.17, 15) is 9.90 Å². The molecular formula is C15H17BrN2O2. The maximum Gasteiger partial charge on any atom is 0.339 e. The first-order chi connectivity index (χ1) is 9.27. The first kappa shape index (κ1) is 14.8. The van der Waals surface area contributed by atoms with E-state index in [0.29, 0.717) is 12.2 Å². The highest BCUT2D eigenvalue weighted by Crippen LogP contribution is 2.24. The molecule has 0 fully saturated rings. The third-order valence-electron chi connectivity index (χ3n) is 2.96. The van der Waals surface area contributed by atoms with E-state index in [4.69, 9.17) is 0 Å². The molecule has 2 rings (SSSR count). The second-order valence-corrected chi connectivity index (χ2v) is 6.69. The first-order valence-corrected chi connectivity index (χ1v) is 7.12. The van der Waals surface area contributed by atoms with Crippen molar-refractivity contribution in [3.05, 3.63) is 51.8 Å². The highest BCUT2D eigenvalue weighted by atomic mass is 79.9. The number of halogens is 1. The van der Waals surface area contributed by atoms with Crippen LogP contribution in [0.25, 0.3) is 0 Å². The zero-order valence-electron chi connectivity index (χ0n) is 11.7. The fourth-order valence-corrected chi connectivity index (χ4v) is 2.25. The van der Waals surface area contributed by atoms with Crippen molar-refractivity contribution in [3.63, 3.8) is 0 Å². The van der Waals surface area contributed by atoms with Crippen molar-refractivity contribution in [2.45, 2.75) is 32.7 Å². The molecule has 0 unspecified atom stereocenters. The highest BCUT2D eigenvalue weighted by Gasteiger charge is 2.25. The predicted octanol–water partition coefficient (Wildman–Crippen LogP) is 3.69. The van der Waals surface area contributed by atoms with Crippen LogP contribution in [0.5, 0.6) is 0 Å². The summed E-state index contributed by atoms with van der Waals surface area (Å²) in [6.45, 7) is 6.45. The summed E-state index contributed by atoms with van der Waals surface area (Å²) in [7, 11) is 0. The Labute approximate surface area is 126 Å². The second kappa shape index (κ2) is 5.40. The lowest BCUT2D eigenvalue weighted by Gasteiger charge is -2.16. The van der Waals surface area contributed by atoms with Gasteiger partial charge < -0.3 is 5.11 Å². The molecule has 1 heterocycles. The number of carboxylic acid groups (broad SMARTS) is 1. The molecule has 1 aromatic carbocycles. The fourth-order valence-electron chi connectivity index (χ4n) is 1.99. The Hall–Kier alpha value is -1.62. The lowest BCUT2D eigenvalue weighted by molar-refractivity contribution is 0.0694. The summed E-state index contributed by atoms with van der Waals surface area (Å²) >= 11 is 3.39. The van der Waals surface area contributed by atoms with Crippen molar-refractivity contribution in [1.82, 2.24) is 9.78 Å². The molecule has 5 heteroatoms. The molecule has 0 radical (unpaired) electrons. The van der Waals surface area contributed by atoms with Crippen LogP contribution in [0.4, 0.5) is 0 Å². The SMILES string of the molecule is CC(C)(C)c1nn(Cc2ccc(Br)cc2)cc1C(=O)O. The first-order valence-electron chi connectivity index (χ1n) is 6.33. The Kier molecular flexibility index (Phi) is 3.99. The normalized spacial score (nSPS) is 11.6. The summed E-state index contributed by atoms with van der Waals surface area (Å²) in [5.74, 6) is -0.933.